The first-order chi connectivity index (χ1) is 6.25. The Labute approximate surface area is 79.8 Å². The second-order valence-corrected chi connectivity index (χ2v) is 3.68. The van der Waals surface area contributed by atoms with E-state index in [0.717, 1.165) is 19.3 Å². The van der Waals surface area contributed by atoms with E-state index in [4.69, 9.17) is 5.73 Å². The summed E-state index contributed by atoms with van der Waals surface area (Å²) in [7, 11) is 0. The van der Waals surface area contributed by atoms with Crippen molar-refractivity contribution in [1.29, 1.82) is 0 Å². The Kier molecular flexibility index (Phi) is 3.39. The van der Waals surface area contributed by atoms with E-state index in [1.165, 1.54) is 6.42 Å². The summed E-state index contributed by atoms with van der Waals surface area (Å²) in [6, 6.07) is 2.40. The standard InChI is InChI=1S/C11H17NO/c1-2-5-10(13)11(6-3-7-11)8-4-9-12/h2,5,10,13H,3,6-8,12H2,1H3/b5-2+/t10-/m0/s1. The van der Waals surface area contributed by atoms with Crippen molar-refractivity contribution in [3.05, 3.63) is 12.2 Å². The van der Waals surface area contributed by atoms with Crippen LogP contribution < -0.4 is 5.73 Å². The lowest BCUT2D eigenvalue weighted by Gasteiger charge is -2.43. The van der Waals surface area contributed by atoms with Crippen molar-refractivity contribution in [3.63, 3.8) is 0 Å². The molecule has 0 aromatic rings. The second-order valence-electron chi connectivity index (χ2n) is 3.68. The lowest BCUT2D eigenvalue weighted by Crippen LogP contribution is -2.40. The fourth-order valence-corrected chi connectivity index (χ4v) is 1.82. The lowest BCUT2D eigenvalue weighted by atomic mass is 9.63. The van der Waals surface area contributed by atoms with Gasteiger partial charge in [-0.15, -0.1) is 0 Å². The van der Waals surface area contributed by atoms with Gasteiger partial charge in [-0.05, 0) is 19.8 Å². The van der Waals surface area contributed by atoms with Crippen molar-refractivity contribution in [2.75, 3.05) is 0 Å². The first-order valence-electron chi connectivity index (χ1n) is 4.74. The molecular weight excluding hydrogens is 162 g/mol. The number of aliphatic hydroxyl groups is 1. The summed E-state index contributed by atoms with van der Waals surface area (Å²) < 4.78 is 0. The van der Waals surface area contributed by atoms with Gasteiger partial charge in [0, 0.05) is 17.9 Å². The molecule has 1 atom stereocenters. The Morgan fingerprint density at radius 3 is 2.69 bits per heavy atom. The van der Waals surface area contributed by atoms with Crippen LogP contribution in [-0.4, -0.2) is 11.2 Å². The highest BCUT2D eigenvalue weighted by Gasteiger charge is 2.41. The van der Waals surface area contributed by atoms with E-state index in [1.807, 2.05) is 19.1 Å². The van der Waals surface area contributed by atoms with Gasteiger partial charge in [0.1, 0.15) is 0 Å². The highest BCUT2D eigenvalue weighted by atomic mass is 16.3. The second kappa shape index (κ2) is 4.34. The molecule has 1 saturated carbocycles. The molecule has 0 aromatic carbocycles. The number of aliphatic hydroxyl groups excluding tert-OH is 1. The van der Waals surface area contributed by atoms with Crippen LogP contribution in [0.1, 0.15) is 32.6 Å². The number of hydrogen-bond acceptors (Lipinski definition) is 2. The molecule has 0 unspecified atom stereocenters. The van der Waals surface area contributed by atoms with E-state index in [0.29, 0.717) is 0 Å². The van der Waals surface area contributed by atoms with Crippen molar-refractivity contribution < 1.29 is 5.11 Å². The molecule has 0 spiro atoms. The molecule has 1 fully saturated rings. The maximum Gasteiger partial charge on any atom is 0.0786 e. The third-order valence-corrected chi connectivity index (χ3v) is 2.89. The fraction of sp³-hybridized carbons (Fsp3) is 0.636. The topological polar surface area (TPSA) is 46.2 Å². The minimum atomic E-state index is -0.355. The van der Waals surface area contributed by atoms with Gasteiger partial charge in [0.2, 0.25) is 0 Å². The van der Waals surface area contributed by atoms with Crippen LogP contribution in [-0.2, 0) is 0 Å². The van der Waals surface area contributed by atoms with Crippen molar-refractivity contribution in [2.24, 2.45) is 11.1 Å². The molecular formula is C11H17NO. The highest BCUT2D eigenvalue weighted by Crippen LogP contribution is 2.46. The third kappa shape index (κ3) is 2.05. The summed E-state index contributed by atoms with van der Waals surface area (Å²) in [5.41, 5.74) is 5.13. The molecule has 2 heteroatoms. The van der Waals surface area contributed by atoms with Gasteiger partial charge in [-0.25, -0.2) is 0 Å². The molecule has 3 N–H and O–H groups in total. The Morgan fingerprint density at radius 1 is 1.62 bits per heavy atom. The Balaban J connectivity index is 2.61. The van der Waals surface area contributed by atoms with E-state index < -0.39 is 0 Å². The maximum absolute atomic E-state index is 9.85. The molecule has 0 bridgehead atoms. The summed E-state index contributed by atoms with van der Waals surface area (Å²) in [6.07, 6.45) is 7.42. The SMILES string of the molecule is C/C=C/[C@H](O)C1(CC#CN)CCC1. The van der Waals surface area contributed by atoms with Crippen LogP contribution in [0.15, 0.2) is 12.2 Å². The van der Waals surface area contributed by atoms with Gasteiger partial charge in [-0.3, -0.25) is 0 Å². The van der Waals surface area contributed by atoms with E-state index in [1.54, 1.807) is 0 Å². The van der Waals surface area contributed by atoms with Crippen molar-refractivity contribution in [3.8, 4) is 12.0 Å². The fourth-order valence-electron chi connectivity index (χ4n) is 1.82. The van der Waals surface area contributed by atoms with Gasteiger partial charge in [0.15, 0.2) is 0 Å². The first-order valence-corrected chi connectivity index (χ1v) is 4.74. The van der Waals surface area contributed by atoms with Crippen molar-refractivity contribution in [2.45, 2.75) is 38.7 Å². The molecule has 1 rings (SSSR count). The minimum Gasteiger partial charge on any atom is -0.388 e. The van der Waals surface area contributed by atoms with Crippen LogP contribution in [0.3, 0.4) is 0 Å². The maximum atomic E-state index is 9.85. The van der Waals surface area contributed by atoms with Gasteiger partial charge in [-0.2, -0.15) is 0 Å². The summed E-state index contributed by atoms with van der Waals surface area (Å²) in [4.78, 5) is 0. The van der Waals surface area contributed by atoms with Gasteiger partial charge in [0.25, 0.3) is 0 Å². The molecule has 0 heterocycles. The van der Waals surface area contributed by atoms with Gasteiger partial charge < -0.3 is 10.8 Å². The van der Waals surface area contributed by atoms with Crippen LogP contribution in [0.4, 0.5) is 0 Å². The zero-order chi connectivity index (χ0) is 9.73. The zero-order valence-electron chi connectivity index (χ0n) is 8.09. The number of allylic oxidation sites excluding steroid dienone is 1. The minimum absolute atomic E-state index is 0.00111. The molecule has 0 aromatic heterocycles. The van der Waals surface area contributed by atoms with E-state index >= 15 is 0 Å². The average molecular weight is 179 g/mol. The van der Waals surface area contributed by atoms with E-state index in [-0.39, 0.29) is 11.5 Å². The number of nitrogens with two attached hydrogens (primary N) is 1. The Morgan fingerprint density at radius 2 is 2.31 bits per heavy atom. The predicted octanol–water partition coefficient (Wildman–Crippen LogP) is 1.40. The lowest BCUT2D eigenvalue weighted by molar-refractivity contribution is -0.000877. The normalized spacial score (nSPS) is 21.7. The van der Waals surface area contributed by atoms with Crippen LogP contribution >= 0.6 is 0 Å². The van der Waals surface area contributed by atoms with Gasteiger partial charge in [0.05, 0.1) is 6.10 Å². The van der Waals surface area contributed by atoms with E-state index in [2.05, 4.69) is 12.0 Å². The summed E-state index contributed by atoms with van der Waals surface area (Å²) >= 11 is 0. The molecule has 0 amide bonds. The third-order valence-electron chi connectivity index (χ3n) is 2.89. The molecule has 0 radical (unpaired) electrons. The Bertz CT molecular complexity index is 243. The molecule has 72 valence electrons. The number of hydrogen-bond donors (Lipinski definition) is 2. The molecule has 2 nitrogen and oxygen atoms in total. The van der Waals surface area contributed by atoms with E-state index in [9.17, 15) is 5.11 Å². The largest absolute Gasteiger partial charge is 0.388 e. The van der Waals surface area contributed by atoms with Gasteiger partial charge in [-0.1, -0.05) is 24.5 Å². The molecule has 0 aliphatic heterocycles. The zero-order valence-corrected chi connectivity index (χ0v) is 8.09. The van der Waals surface area contributed by atoms with Crippen LogP contribution in [0, 0.1) is 17.4 Å². The summed E-state index contributed by atoms with van der Waals surface area (Å²) in [6.45, 7) is 1.92. The predicted molar refractivity (Wildman–Crippen MR) is 53.7 cm³/mol. The average Bonchev–Trinajstić information content (AvgIpc) is 2.03. The smallest absolute Gasteiger partial charge is 0.0786 e. The first kappa shape index (κ1) is 10.1. The molecule has 0 saturated heterocycles. The van der Waals surface area contributed by atoms with Gasteiger partial charge >= 0.3 is 0 Å². The van der Waals surface area contributed by atoms with Crippen LogP contribution in [0.5, 0.6) is 0 Å². The molecule has 1 aliphatic carbocycles. The monoisotopic (exact) mass is 179 g/mol. The quantitative estimate of drug-likeness (QED) is 0.391. The van der Waals surface area contributed by atoms with Crippen molar-refractivity contribution >= 4 is 0 Å². The van der Waals surface area contributed by atoms with Crippen molar-refractivity contribution in [1.82, 2.24) is 0 Å². The highest BCUT2D eigenvalue weighted by molar-refractivity contribution is 5.09. The number of rotatable bonds is 3. The summed E-state index contributed by atoms with van der Waals surface area (Å²) in [5.74, 6) is 2.86. The van der Waals surface area contributed by atoms with Crippen LogP contribution in [0.2, 0.25) is 0 Å². The summed E-state index contributed by atoms with van der Waals surface area (Å²) in [5, 5.41) is 9.85. The van der Waals surface area contributed by atoms with Crippen LogP contribution in [0.25, 0.3) is 0 Å². The molecule has 13 heavy (non-hydrogen) atoms. The molecule has 1 aliphatic rings. The Hall–Kier alpha value is -0.940.